The number of ether oxygens (including phenoxy) is 1. The second-order valence-corrected chi connectivity index (χ2v) is 6.90. The number of rotatable bonds is 6. The maximum absolute atomic E-state index is 12.2. The zero-order chi connectivity index (χ0) is 17.9. The lowest BCUT2D eigenvalue weighted by atomic mass is 10.2. The number of amides is 1. The van der Waals surface area contributed by atoms with Crippen LogP contribution in [0.3, 0.4) is 0 Å². The normalized spacial score (nSPS) is 17.0. The SMILES string of the molecule is O=C(CSc1nnnn1C[C@H]1CCCO1)Nc1ccc2[nH]c(=O)[nH]c2c1. The van der Waals surface area contributed by atoms with E-state index in [0.29, 0.717) is 28.4 Å². The molecule has 0 radical (unpaired) electrons. The van der Waals surface area contributed by atoms with Crippen LogP contribution in [-0.4, -0.2) is 54.5 Å². The third-order valence-corrected chi connectivity index (χ3v) is 4.99. The number of carbonyl (C=O) groups excluding carboxylic acids is 1. The van der Waals surface area contributed by atoms with Gasteiger partial charge >= 0.3 is 5.69 Å². The van der Waals surface area contributed by atoms with Crippen LogP contribution in [0.25, 0.3) is 11.0 Å². The summed E-state index contributed by atoms with van der Waals surface area (Å²) in [4.78, 5) is 28.8. The summed E-state index contributed by atoms with van der Waals surface area (Å²) >= 11 is 1.27. The lowest BCUT2D eigenvalue weighted by Gasteiger charge is -2.10. The van der Waals surface area contributed by atoms with Crippen LogP contribution in [0.5, 0.6) is 0 Å². The van der Waals surface area contributed by atoms with Gasteiger partial charge in [0.15, 0.2) is 0 Å². The number of imidazole rings is 1. The zero-order valence-corrected chi connectivity index (χ0v) is 14.6. The first-order chi connectivity index (χ1) is 12.7. The fraction of sp³-hybridized carbons (Fsp3) is 0.400. The van der Waals surface area contributed by atoms with Gasteiger partial charge in [0.2, 0.25) is 11.1 Å². The minimum absolute atomic E-state index is 0.127. The van der Waals surface area contributed by atoms with Crippen molar-refractivity contribution in [2.24, 2.45) is 0 Å². The standard InChI is InChI=1S/C15H17N7O3S/c23-13(16-9-3-4-11-12(6-9)18-14(24)17-11)8-26-15-19-20-21-22(15)7-10-2-1-5-25-10/h3-4,6,10H,1-2,5,7-8H2,(H,16,23)(H2,17,18,24)/t10-/m1/s1. The first-order valence-corrected chi connectivity index (χ1v) is 9.18. The molecule has 1 amide bonds. The number of tetrazole rings is 1. The molecular weight excluding hydrogens is 358 g/mol. The zero-order valence-electron chi connectivity index (χ0n) is 13.8. The molecule has 1 atom stereocenters. The van der Waals surface area contributed by atoms with E-state index in [4.69, 9.17) is 4.74 Å². The van der Waals surface area contributed by atoms with Gasteiger partial charge in [-0.2, -0.15) is 0 Å². The van der Waals surface area contributed by atoms with Crippen molar-refractivity contribution in [3.8, 4) is 0 Å². The van der Waals surface area contributed by atoms with Gasteiger partial charge in [-0.1, -0.05) is 11.8 Å². The van der Waals surface area contributed by atoms with E-state index in [2.05, 4.69) is 30.8 Å². The van der Waals surface area contributed by atoms with Gasteiger partial charge in [0, 0.05) is 12.3 Å². The summed E-state index contributed by atoms with van der Waals surface area (Å²) < 4.78 is 7.26. The Morgan fingerprint density at radius 3 is 3.12 bits per heavy atom. The van der Waals surface area contributed by atoms with Crippen LogP contribution in [0.15, 0.2) is 28.2 Å². The van der Waals surface area contributed by atoms with Crippen molar-refractivity contribution >= 4 is 34.4 Å². The molecule has 10 nitrogen and oxygen atoms in total. The Kier molecular flexibility index (Phi) is 4.71. The molecule has 3 heterocycles. The van der Waals surface area contributed by atoms with E-state index < -0.39 is 0 Å². The van der Waals surface area contributed by atoms with Crippen molar-refractivity contribution in [1.29, 1.82) is 0 Å². The number of aromatic nitrogens is 6. The molecule has 3 aromatic rings. The van der Waals surface area contributed by atoms with Crippen molar-refractivity contribution in [2.75, 3.05) is 17.7 Å². The number of thioether (sulfide) groups is 1. The van der Waals surface area contributed by atoms with Crippen LogP contribution in [0.4, 0.5) is 5.69 Å². The van der Waals surface area contributed by atoms with Gasteiger partial charge in [0.05, 0.1) is 29.4 Å². The summed E-state index contributed by atoms with van der Waals surface area (Å²) in [5, 5.41) is 15.0. The van der Waals surface area contributed by atoms with Crippen molar-refractivity contribution in [3.63, 3.8) is 0 Å². The fourth-order valence-electron chi connectivity index (χ4n) is 2.83. The number of hydrogen-bond acceptors (Lipinski definition) is 7. The van der Waals surface area contributed by atoms with E-state index in [1.807, 2.05) is 0 Å². The number of nitrogens with one attached hydrogen (secondary N) is 3. The highest BCUT2D eigenvalue weighted by Crippen LogP contribution is 2.19. The number of aromatic amines is 2. The third-order valence-electron chi connectivity index (χ3n) is 4.03. The quantitative estimate of drug-likeness (QED) is 0.542. The topological polar surface area (TPSA) is 131 Å². The maximum Gasteiger partial charge on any atom is 0.323 e. The van der Waals surface area contributed by atoms with Crippen LogP contribution in [0.2, 0.25) is 0 Å². The molecule has 0 saturated carbocycles. The largest absolute Gasteiger partial charge is 0.376 e. The molecule has 1 aliphatic heterocycles. The van der Waals surface area contributed by atoms with Crippen LogP contribution in [-0.2, 0) is 16.1 Å². The van der Waals surface area contributed by atoms with Gasteiger partial charge in [-0.25, -0.2) is 9.48 Å². The van der Waals surface area contributed by atoms with E-state index in [1.54, 1.807) is 22.9 Å². The van der Waals surface area contributed by atoms with Gasteiger partial charge in [-0.3, -0.25) is 4.79 Å². The second-order valence-electron chi connectivity index (χ2n) is 5.95. The molecule has 2 aromatic heterocycles. The van der Waals surface area contributed by atoms with E-state index >= 15 is 0 Å². The fourth-order valence-corrected chi connectivity index (χ4v) is 3.52. The monoisotopic (exact) mass is 375 g/mol. The molecule has 26 heavy (non-hydrogen) atoms. The van der Waals surface area contributed by atoms with Crippen molar-refractivity contribution < 1.29 is 9.53 Å². The average molecular weight is 375 g/mol. The van der Waals surface area contributed by atoms with E-state index in [1.165, 1.54) is 11.8 Å². The minimum atomic E-state index is -0.280. The van der Waals surface area contributed by atoms with Crippen LogP contribution >= 0.6 is 11.8 Å². The van der Waals surface area contributed by atoms with Crippen molar-refractivity contribution in [2.45, 2.75) is 30.6 Å². The minimum Gasteiger partial charge on any atom is -0.376 e. The number of anilines is 1. The van der Waals surface area contributed by atoms with E-state index in [9.17, 15) is 9.59 Å². The summed E-state index contributed by atoms with van der Waals surface area (Å²) in [5.41, 5.74) is 1.66. The Balaban J connectivity index is 1.34. The Bertz CT molecular complexity index is 973. The van der Waals surface area contributed by atoms with Gasteiger partial charge in [0.25, 0.3) is 0 Å². The van der Waals surface area contributed by atoms with Gasteiger partial charge in [0.1, 0.15) is 0 Å². The first kappa shape index (κ1) is 16.8. The molecule has 4 rings (SSSR count). The summed E-state index contributed by atoms with van der Waals surface area (Å²) in [6.07, 6.45) is 2.17. The summed E-state index contributed by atoms with van der Waals surface area (Å²) in [6, 6.07) is 5.17. The predicted molar refractivity (Wildman–Crippen MR) is 95.1 cm³/mol. The molecule has 1 saturated heterocycles. The number of carbonyl (C=O) groups is 1. The average Bonchev–Trinajstić information content (AvgIpc) is 3.34. The number of nitrogens with zero attached hydrogens (tertiary/aromatic N) is 4. The van der Waals surface area contributed by atoms with Crippen LogP contribution in [0, 0.1) is 0 Å². The maximum atomic E-state index is 12.2. The summed E-state index contributed by atoms with van der Waals surface area (Å²) in [7, 11) is 0. The predicted octanol–water partition coefficient (Wildman–Crippen LogP) is 0.752. The van der Waals surface area contributed by atoms with Gasteiger partial charge in [-0.15, -0.1) is 5.10 Å². The number of fused-ring (bicyclic) bond motifs is 1. The number of hydrogen-bond donors (Lipinski definition) is 3. The van der Waals surface area contributed by atoms with Crippen LogP contribution < -0.4 is 11.0 Å². The Hall–Kier alpha value is -2.66. The first-order valence-electron chi connectivity index (χ1n) is 8.20. The highest BCUT2D eigenvalue weighted by atomic mass is 32.2. The highest BCUT2D eigenvalue weighted by Gasteiger charge is 2.19. The Morgan fingerprint density at radius 2 is 2.27 bits per heavy atom. The molecule has 1 fully saturated rings. The summed E-state index contributed by atoms with van der Waals surface area (Å²) in [5.74, 6) is -0.00738. The molecule has 3 N–H and O–H groups in total. The molecule has 0 spiro atoms. The van der Waals surface area contributed by atoms with E-state index in [0.717, 1.165) is 19.4 Å². The second kappa shape index (κ2) is 7.30. The molecule has 1 aromatic carbocycles. The molecule has 11 heteroatoms. The molecular formula is C15H17N7O3S. The number of H-pyrrole nitrogens is 2. The lowest BCUT2D eigenvalue weighted by Crippen LogP contribution is -2.18. The lowest BCUT2D eigenvalue weighted by molar-refractivity contribution is -0.113. The van der Waals surface area contributed by atoms with Gasteiger partial charge in [-0.05, 0) is 41.5 Å². The summed E-state index contributed by atoms with van der Waals surface area (Å²) in [6.45, 7) is 1.36. The highest BCUT2D eigenvalue weighted by molar-refractivity contribution is 7.99. The Morgan fingerprint density at radius 1 is 1.38 bits per heavy atom. The number of benzene rings is 1. The van der Waals surface area contributed by atoms with Crippen molar-refractivity contribution in [1.82, 2.24) is 30.2 Å². The smallest absolute Gasteiger partial charge is 0.323 e. The van der Waals surface area contributed by atoms with Gasteiger partial charge < -0.3 is 20.0 Å². The Labute approximate surface area is 151 Å². The van der Waals surface area contributed by atoms with Crippen LogP contribution in [0.1, 0.15) is 12.8 Å². The molecule has 0 aliphatic carbocycles. The molecule has 0 bridgehead atoms. The molecule has 1 aliphatic rings. The molecule has 0 unspecified atom stereocenters. The van der Waals surface area contributed by atoms with E-state index in [-0.39, 0.29) is 23.5 Å². The molecule has 136 valence electrons. The van der Waals surface area contributed by atoms with Crippen molar-refractivity contribution in [3.05, 3.63) is 28.7 Å². The third kappa shape index (κ3) is 3.78.